The van der Waals surface area contributed by atoms with E-state index in [1.54, 1.807) is 0 Å². The molecule has 4 nitrogen and oxygen atoms in total. The lowest BCUT2D eigenvalue weighted by Gasteiger charge is -2.30. The molecule has 0 aliphatic carbocycles. The highest BCUT2D eigenvalue weighted by Gasteiger charge is 2.15. The van der Waals surface area contributed by atoms with Crippen molar-refractivity contribution in [3.8, 4) is 0 Å². The van der Waals surface area contributed by atoms with Crippen LogP contribution in [0, 0.1) is 5.92 Å². The SMILES string of the molecule is CC1CCN(Cc2ccc(NC(=O)Nc3cccs3)cc2)CC1. The van der Waals surface area contributed by atoms with Gasteiger partial charge in [-0.05, 0) is 67.1 Å². The van der Waals surface area contributed by atoms with Crippen LogP contribution in [0.1, 0.15) is 25.3 Å². The first-order valence-corrected chi connectivity index (χ1v) is 9.00. The molecule has 2 heterocycles. The Morgan fingerprint density at radius 2 is 1.91 bits per heavy atom. The highest BCUT2D eigenvalue weighted by Crippen LogP contribution is 2.19. The minimum Gasteiger partial charge on any atom is -0.308 e. The van der Waals surface area contributed by atoms with Gasteiger partial charge in [0, 0.05) is 12.2 Å². The topological polar surface area (TPSA) is 44.4 Å². The van der Waals surface area contributed by atoms with E-state index in [2.05, 4.69) is 34.6 Å². The van der Waals surface area contributed by atoms with Crippen molar-refractivity contribution in [3.05, 3.63) is 47.3 Å². The lowest BCUT2D eigenvalue weighted by molar-refractivity contribution is 0.185. The van der Waals surface area contributed by atoms with Crippen LogP contribution in [0.15, 0.2) is 41.8 Å². The Bertz CT molecular complexity index is 616. The molecule has 5 heteroatoms. The molecule has 1 aliphatic heterocycles. The maximum Gasteiger partial charge on any atom is 0.324 e. The average Bonchev–Trinajstić information content (AvgIpc) is 3.04. The van der Waals surface area contributed by atoms with Crippen molar-refractivity contribution in [2.24, 2.45) is 5.92 Å². The van der Waals surface area contributed by atoms with Crippen LogP contribution in [0.2, 0.25) is 0 Å². The molecule has 2 amide bonds. The van der Waals surface area contributed by atoms with Gasteiger partial charge in [0.05, 0.1) is 5.00 Å². The van der Waals surface area contributed by atoms with Crippen molar-refractivity contribution in [2.75, 3.05) is 23.7 Å². The highest BCUT2D eigenvalue weighted by molar-refractivity contribution is 7.14. The molecule has 0 saturated carbocycles. The number of likely N-dealkylation sites (tertiary alicyclic amines) is 1. The standard InChI is InChI=1S/C18H23N3OS/c1-14-8-10-21(11-9-14)13-15-4-6-16(7-5-15)19-18(22)20-17-3-2-12-23-17/h2-7,12,14H,8-11,13H2,1H3,(H2,19,20,22). The van der Waals surface area contributed by atoms with E-state index in [0.29, 0.717) is 0 Å². The van der Waals surface area contributed by atoms with E-state index >= 15 is 0 Å². The Hall–Kier alpha value is -1.85. The largest absolute Gasteiger partial charge is 0.324 e. The second-order valence-corrected chi connectivity index (χ2v) is 7.16. The summed E-state index contributed by atoms with van der Waals surface area (Å²) < 4.78 is 0. The third-order valence-corrected chi connectivity index (χ3v) is 5.04. The van der Waals surface area contributed by atoms with Crippen molar-refractivity contribution >= 4 is 28.1 Å². The van der Waals surface area contributed by atoms with Gasteiger partial charge < -0.3 is 5.32 Å². The first kappa shape index (κ1) is 16.0. The molecule has 0 unspecified atom stereocenters. The molecule has 1 fully saturated rings. The van der Waals surface area contributed by atoms with E-state index in [1.807, 2.05) is 29.6 Å². The minimum atomic E-state index is -0.204. The van der Waals surface area contributed by atoms with Crippen LogP contribution < -0.4 is 10.6 Å². The number of hydrogen-bond acceptors (Lipinski definition) is 3. The fourth-order valence-electron chi connectivity index (χ4n) is 2.80. The van der Waals surface area contributed by atoms with Crippen molar-refractivity contribution in [1.82, 2.24) is 4.90 Å². The summed E-state index contributed by atoms with van der Waals surface area (Å²) in [5, 5.41) is 8.46. The normalized spacial score (nSPS) is 16.2. The van der Waals surface area contributed by atoms with Gasteiger partial charge in [-0.25, -0.2) is 4.79 Å². The van der Waals surface area contributed by atoms with Crippen LogP contribution in [0.5, 0.6) is 0 Å². The summed E-state index contributed by atoms with van der Waals surface area (Å²) in [6, 6.07) is 11.7. The number of urea groups is 1. The quantitative estimate of drug-likeness (QED) is 0.859. The summed E-state index contributed by atoms with van der Waals surface area (Å²) in [7, 11) is 0. The summed E-state index contributed by atoms with van der Waals surface area (Å²) in [6.45, 7) is 5.70. The fraction of sp³-hybridized carbons (Fsp3) is 0.389. The molecule has 3 rings (SSSR count). The monoisotopic (exact) mass is 329 g/mol. The van der Waals surface area contributed by atoms with Gasteiger partial charge in [0.25, 0.3) is 0 Å². The molecule has 0 bridgehead atoms. The van der Waals surface area contributed by atoms with Crippen molar-refractivity contribution < 1.29 is 4.79 Å². The Balaban J connectivity index is 1.49. The van der Waals surface area contributed by atoms with Crippen LogP contribution in [0.25, 0.3) is 0 Å². The molecule has 1 aromatic carbocycles. The second-order valence-electron chi connectivity index (χ2n) is 6.21. The molecule has 2 N–H and O–H groups in total. The van der Waals surface area contributed by atoms with E-state index in [9.17, 15) is 4.79 Å². The van der Waals surface area contributed by atoms with Gasteiger partial charge in [-0.1, -0.05) is 19.1 Å². The van der Waals surface area contributed by atoms with Gasteiger partial charge in [-0.15, -0.1) is 11.3 Å². The Morgan fingerprint density at radius 1 is 1.17 bits per heavy atom. The van der Waals surface area contributed by atoms with Crippen molar-refractivity contribution in [2.45, 2.75) is 26.3 Å². The van der Waals surface area contributed by atoms with E-state index in [0.717, 1.165) is 23.2 Å². The number of rotatable bonds is 4. The molecule has 23 heavy (non-hydrogen) atoms. The first-order chi connectivity index (χ1) is 11.2. The molecule has 2 aromatic rings. The zero-order chi connectivity index (χ0) is 16.1. The van der Waals surface area contributed by atoms with Crippen LogP contribution in [-0.4, -0.2) is 24.0 Å². The zero-order valence-electron chi connectivity index (χ0n) is 13.4. The van der Waals surface area contributed by atoms with Gasteiger partial charge in [0.1, 0.15) is 0 Å². The number of benzene rings is 1. The predicted octanol–water partition coefficient (Wildman–Crippen LogP) is 4.62. The zero-order valence-corrected chi connectivity index (χ0v) is 14.2. The van der Waals surface area contributed by atoms with Crippen molar-refractivity contribution in [3.63, 3.8) is 0 Å². The molecule has 1 saturated heterocycles. The van der Waals surface area contributed by atoms with E-state index in [1.165, 1.54) is 42.8 Å². The Labute approximate surface area is 141 Å². The highest BCUT2D eigenvalue weighted by atomic mass is 32.1. The summed E-state index contributed by atoms with van der Waals surface area (Å²) in [5.41, 5.74) is 2.11. The summed E-state index contributed by atoms with van der Waals surface area (Å²) in [6.07, 6.45) is 2.59. The van der Waals surface area contributed by atoms with Crippen LogP contribution in [0.4, 0.5) is 15.5 Å². The number of nitrogens with one attached hydrogen (secondary N) is 2. The number of nitrogens with zero attached hydrogens (tertiary/aromatic N) is 1. The molecule has 0 spiro atoms. The lowest BCUT2D eigenvalue weighted by Crippen LogP contribution is -2.32. The Kier molecular flexibility index (Phi) is 5.31. The van der Waals surface area contributed by atoms with Gasteiger partial charge in [-0.2, -0.15) is 0 Å². The summed E-state index contributed by atoms with van der Waals surface area (Å²) in [5.74, 6) is 0.861. The van der Waals surface area contributed by atoms with E-state index in [-0.39, 0.29) is 6.03 Å². The average molecular weight is 329 g/mol. The number of piperidine rings is 1. The molecule has 0 atom stereocenters. The molecule has 1 aliphatic rings. The smallest absolute Gasteiger partial charge is 0.308 e. The minimum absolute atomic E-state index is 0.204. The van der Waals surface area contributed by atoms with Crippen LogP contribution in [0.3, 0.4) is 0 Å². The maximum atomic E-state index is 11.9. The fourth-order valence-corrected chi connectivity index (χ4v) is 3.41. The number of amides is 2. The third kappa shape index (κ3) is 4.81. The molecular weight excluding hydrogens is 306 g/mol. The Morgan fingerprint density at radius 3 is 2.57 bits per heavy atom. The van der Waals surface area contributed by atoms with E-state index < -0.39 is 0 Å². The van der Waals surface area contributed by atoms with Gasteiger partial charge in [0.15, 0.2) is 0 Å². The second kappa shape index (κ2) is 7.62. The number of carbonyl (C=O) groups excluding carboxylic acids is 1. The van der Waals surface area contributed by atoms with Crippen molar-refractivity contribution in [1.29, 1.82) is 0 Å². The molecule has 1 aromatic heterocycles. The number of carbonyl (C=O) groups is 1. The number of hydrogen-bond donors (Lipinski definition) is 2. The predicted molar refractivity (Wildman–Crippen MR) is 97.1 cm³/mol. The van der Waals surface area contributed by atoms with Gasteiger partial charge >= 0.3 is 6.03 Å². The van der Waals surface area contributed by atoms with Crippen LogP contribution >= 0.6 is 11.3 Å². The molecule has 0 radical (unpaired) electrons. The number of anilines is 2. The maximum absolute atomic E-state index is 11.9. The number of thiophene rings is 1. The summed E-state index contributed by atoms with van der Waals surface area (Å²) >= 11 is 1.51. The van der Waals surface area contributed by atoms with Crippen LogP contribution in [-0.2, 0) is 6.54 Å². The summed E-state index contributed by atoms with van der Waals surface area (Å²) in [4.78, 5) is 14.4. The van der Waals surface area contributed by atoms with E-state index in [4.69, 9.17) is 0 Å². The lowest BCUT2D eigenvalue weighted by atomic mass is 9.99. The first-order valence-electron chi connectivity index (χ1n) is 8.12. The molecule has 122 valence electrons. The third-order valence-electron chi connectivity index (χ3n) is 4.25. The van der Waals surface area contributed by atoms with Gasteiger partial charge in [-0.3, -0.25) is 10.2 Å². The molecular formula is C18H23N3OS. The van der Waals surface area contributed by atoms with Gasteiger partial charge in [0.2, 0.25) is 0 Å².